The van der Waals surface area contributed by atoms with Crippen molar-refractivity contribution in [1.29, 1.82) is 0 Å². The molecule has 0 saturated carbocycles. The summed E-state index contributed by atoms with van der Waals surface area (Å²) in [4.78, 5) is 0. The molecule has 0 bridgehead atoms. The van der Waals surface area contributed by atoms with Crippen LogP contribution in [0.4, 0.5) is 0 Å². The minimum atomic E-state index is -0.172. The van der Waals surface area contributed by atoms with Gasteiger partial charge in [0, 0.05) is 12.4 Å². The van der Waals surface area contributed by atoms with Gasteiger partial charge in [0.25, 0.3) is 0 Å². The third-order valence-electron chi connectivity index (χ3n) is 4.51. The standard InChI is InChI=1S/C15H28O2S/c1-14(2,3)13(16)5-4-12-6-8-17-15(10-12)7-9-18-11-15/h12-13,16H,4-11H2,1-3H3. The van der Waals surface area contributed by atoms with Crippen molar-refractivity contribution in [3.63, 3.8) is 0 Å². The Morgan fingerprint density at radius 2 is 2.22 bits per heavy atom. The van der Waals surface area contributed by atoms with E-state index in [1.54, 1.807) is 0 Å². The van der Waals surface area contributed by atoms with E-state index in [2.05, 4.69) is 20.8 Å². The second-order valence-electron chi connectivity index (χ2n) is 7.15. The van der Waals surface area contributed by atoms with Gasteiger partial charge in [-0.15, -0.1) is 0 Å². The number of ether oxygens (including phenoxy) is 1. The molecule has 0 amide bonds. The first kappa shape index (κ1) is 14.7. The number of aliphatic hydroxyl groups excluding tert-OH is 1. The van der Waals surface area contributed by atoms with Crippen LogP contribution < -0.4 is 0 Å². The molecule has 0 aromatic rings. The third-order valence-corrected chi connectivity index (χ3v) is 5.73. The monoisotopic (exact) mass is 272 g/mol. The van der Waals surface area contributed by atoms with Crippen LogP contribution in [0.15, 0.2) is 0 Å². The minimum Gasteiger partial charge on any atom is -0.393 e. The van der Waals surface area contributed by atoms with E-state index in [0.29, 0.717) is 0 Å². The molecule has 2 rings (SSSR count). The molecule has 2 aliphatic heterocycles. The zero-order valence-corrected chi connectivity index (χ0v) is 12.9. The lowest BCUT2D eigenvalue weighted by molar-refractivity contribution is -0.0830. The van der Waals surface area contributed by atoms with Gasteiger partial charge in [-0.3, -0.25) is 0 Å². The van der Waals surface area contributed by atoms with Gasteiger partial charge in [-0.25, -0.2) is 0 Å². The van der Waals surface area contributed by atoms with Gasteiger partial charge in [0.15, 0.2) is 0 Å². The Morgan fingerprint density at radius 1 is 1.44 bits per heavy atom. The van der Waals surface area contributed by atoms with Crippen LogP contribution in [0.3, 0.4) is 0 Å². The third kappa shape index (κ3) is 3.64. The highest BCUT2D eigenvalue weighted by molar-refractivity contribution is 7.99. The summed E-state index contributed by atoms with van der Waals surface area (Å²) in [5, 5.41) is 10.1. The molecule has 0 aliphatic carbocycles. The highest BCUT2D eigenvalue weighted by Crippen LogP contribution is 2.42. The van der Waals surface area contributed by atoms with E-state index in [-0.39, 0.29) is 17.1 Å². The molecule has 2 saturated heterocycles. The predicted molar refractivity (Wildman–Crippen MR) is 78.0 cm³/mol. The fourth-order valence-corrected chi connectivity index (χ4v) is 4.44. The maximum atomic E-state index is 10.1. The first-order valence-electron chi connectivity index (χ1n) is 7.31. The van der Waals surface area contributed by atoms with E-state index in [1.165, 1.54) is 30.8 Å². The highest BCUT2D eigenvalue weighted by Gasteiger charge is 2.40. The van der Waals surface area contributed by atoms with Gasteiger partial charge in [0.1, 0.15) is 0 Å². The Kier molecular flexibility index (Phi) is 4.66. The first-order chi connectivity index (χ1) is 8.41. The summed E-state index contributed by atoms with van der Waals surface area (Å²) in [6.45, 7) is 7.29. The van der Waals surface area contributed by atoms with Gasteiger partial charge in [-0.05, 0) is 49.2 Å². The molecule has 2 nitrogen and oxygen atoms in total. The van der Waals surface area contributed by atoms with E-state index in [0.717, 1.165) is 25.4 Å². The summed E-state index contributed by atoms with van der Waals surface area (Å²) in [5.41, 5.74) is 0.215. The van der Waals surface area contributed by atoms with Gasteiger partial charge < -0.3 is 9.84 Å². The van der Waals surface area contributed by atoms with Gasteiger partial charge in [0.2, 0.25) is 0 Å². The minimum absolute atomic E-state index is 0.0199. The lowest BCUT2D eigenvalue weighted by atomic mass is 9.79. The van der Waals surface area contributed by atoms with Crippen molar-refractivity contribution in [2.24, 2.45) is 11.3 Å². The van der Waals surface area contributed by atoms with Crippen molar-refractivity contribution in [3.05, 3.63) is 0 Å². The molecule has 2 aliphatic rings. The normalized spacial score (nSPS) is 35.0. The van der Waals surface area contributed by atoms with Crippen LogP contribution in [0, 0.1) is 11.3 Å². The van der Waals surface area contributed by atoms with E-state index >= 15 is 0 Å². The molecule has 0 aromatic heterocycles. The molecule has 1 spiro atoms. The molecule has 106 valence electrons. The van der Waals surface area contributed by atoms with E-state index < -0.39 is 0 Å². The SMILES string of the molecule is CC(C)(C)C(O)CCC1CCOC2(CCSC2)C1. The first-order valence-corrected chi connectivity index (χ1v) is 8.47. The Morgan fingerprint density at radius 3 is 2.83 bits per heavy atom. The predicted octanol–water partition coefficient (Wildman–Crippen LogP) is 3.48. The molecule has 3 unspecified atom stereocenters. The van der Waals surface area contributed by atoms with Crippen LogP contribution in [0.5, 0.6) is 0 Å². The largest absolute Gasteiger partial charge is 0.393 e. The quantitative estimate of drug-likeness (QED) is 0.853. The molecule has 1 N–H and O–H groups in total. The Bertz CT molecular complexity index is 266. The number of aliphatic hydroxyl groups is 1. The summed E-state index contributed by atoms with van der Waals surface area (Å²) in [7, 11) is 0. The average molecular weight is 272 g/mol. The van der Waals surface area contributed by atoms with Crippen molar-refractivity contribution in [2.75, 3.05) is 18.1 Å². The van der Waals surface area contributed by atoms with Crippen LogP contribution in [0.2, 0.25) is 0 Å². The lowest BCUT2D eigenvalue weighted by Crippen LogP contribution is -2.40. The van der Waals surface area contributed by atoms with Crippen LogP contribution in [-0.2, 0) is 4.74 Å². The molecule has 2 heterocycles. The maximum absolute atomic E-state index is 10.1. The molecule has 18 heavy (non-hydrogen) atoms. The summed E-state index contributed by atoms with van der Waals surface area (Å²) in [6.07, 6.45) is 5.57. The molecular formula is C15H28O2S. The molecule has 0 aromatic carbocycles. The van der Waals surface area contributed by atoms with Crippen LogP contribution >= 0.6 is 11.8 Å². The topological polar surface area (TPSA) is 29.5 Å². The van der Waals surface area contributed by atoms with Gasteiger partial charge in [-0.1, -0.05) is 20.8 Å². The molecule has 3 heteroatoms. The van der Waals surface area contributed by atoms with Crippen molar-refractivity contribution >= 4 is 11.8 Å². The second-order valence-corrected chi connectivity index (χ2v) is 8.26. The Labute approximate surface area is 116 Å². The van der Waals surface area contributed by atoms with Crippen LogP contribution in [-0.4, -0.2) is 34.9 Å². The number of rotatable bonds is 3. The van der Waals surface area contributed by atoms with Crippen LogP contribution in [0.25, 0.3) is 0 Å². The van der Waals surface area contributed by atoms with Gasteiger partial charge in [0.05, 0.1) is 11.7 Å². The Hall–Kier alpha value is 0.270. The van der Waals surface area contributed by atoms with Crippen molar-refractivity contribution < 1.29 is 9.84 Å². The molecule has 2 fully saturated rings. The zero-order chi connectivity index (χ0) is 13.2. The maximum Gasteiger partial charge on any atom is 0.0783 e. The van der Waals surface area contributed by atoms with Crippen molar-refractivity contribution in [3.8, 4) is 0 Å². The summed E-state index contributed by atoms with van der Waals surface area (Å²) in [5.74, 6) is 3.21. The van der Waals surface area contributed by atoms with E-state index in [4.69, 9.17) is 4.74 Å². The Balaban J connectivity index is 1.79. The molecule has 0 radical (unpaired) electrons. The van der Waals surface area contributed by atoms with Crippen molar-refractivity contribution in [2.45, 2.75) is 64.6 Å². The number of hydrogen-bond donors (Lipinski definition) is 1. The highest BCUT2D eigenvalue weighted by atomic mass is 32.2. The van der Waals surface area contributed by atoms with E-state index in [1.807, 2.05) is 11.8 Å². The summed E-state index contributed by atoms with van der Waals surface area (Å²) >= 11 is 2.04. The van der Waals surface area contributed by atoms with Crippen LogP contribution in [0.1, 0.15) is 52.9 Å². The second kappa shape index (κ2) is 5.72. The molecular weight excluding hydrogens is 244 g/mol. The fraction of sp³-hybridized carbons (Fsp3) is 1.00. The fourth-order valence-electron chi connectivity index (χ4n) is 3.07. The molecule has 3 atom stereocenters. The van der Waals surface area contributed by atoms with Gasteiger partial charge in [-0.2, -0.15) is 11.8 Å². The lowest BCUT2D eigenvalue weighted by Gasteiger charge is -2.38. The average Bonchev–Trinajstić information content (AvgIpc) is 2.73. The van der Waals surface area contributed by atoms with E-state index in [9.17, 15) is 5.11 Å². The number of hydrogen-bond acceptors (Lipinski definition) is 3. The smallest absolute Gasteiger partial charge is 0.0783 e. The summed E-state index contributed by atoms with van der Waals surface area (Å²) in [6, 6.07) is 0. The zero-order valence-electron chi connectivity index (χ0n) is 12.1. The van der Waals surface area contributed by atoms with Crippen molar-refractivity contribution in [1.82, 2.24) is 0 Å². The summed E-state index contributed by atoms with van der Waals surface area (Å²) < 4.78 is 6.05. The van der Waals surface area contributed by atoms with Gasteiger partial charge >= 0.3 is 0 Å². The number of thioether (sulfide) groups is 1.